The van der Waals surface area contributed by atoms with Gasteiger partial charge in [0.2, 0.25) is 5.78 Å². The zero-order valence-electron chi connectivity index (χ0n) is 11.1. The van der Waals surface area contributed by atoms with Crippen molar-refractivity contribution in [3.05, 3.63) is 23.8 Å². The molecule has 0 saturated carbocycles. The van der Waals surface area contributed by atoms with E-state index >= 15 is 0 Å². The topological polar surface area (TPSA) is 92.5 Å². The molecule has 0 aliphatic heterocycles. The Labute approximate surface area is 120 Å². The van der Waals surface area contributed by atoms with Gasteiger partial charge in [0.25, 0.3) is 0 Å². The van der Waals surface area contributed by atoms with Gasteiger partial charge in [-0.3, -0.25) is 14.6 Å². The van der Waals surface area contributed by atoms with Crippen molar-refractivity contribution in [2.45, 2.75) is 18.9 Å². The first-order valence-corrected chi connectivity index (χ1v) is 7.62. The van der Waals surface area contributed by atoms with Gasteiger partial charge in [-0.2, -0.15) is 11.8 Å². The number of thioether (sulfide) groups is 1. The van der Waals surface area contributed by atoms with Crippen LogP contribution in [0.3, 0.4) is 0 Å². The van der Waals surface area contributed by atoms with Gasteiger partial charge in [-0.15, -0.1) is 0 Å². The van der Waals surface area contributed by atoms with E-state index in [-0.39, 0.29) is 47.7 Å². The first kappa shape index (κ1) is 14.8. The minimum atomic E-state index is -0.365. The zero-order valence-corrected chi connectivity index (χ0v) is 11.9. The van der Waals surface area contributed by atoms with Crippen molar-refractivity contribution in [3.8, 4) is 0 Å². The number of carbonyl (C=O) groups is 2. The fourth-order valence-electron chi connectivity index (χ4n) is 1.94. The second-order valence-electron chi connectivity index (χ2n) is 4.38. The van der Waals surface area contributed by atoms with Crippen LogP contribution in [0, 0.1) is 0 Å². The largest absolute Gasteiger partial charge is 0.394 e. The summed E-state index contributed by atoms with van der Waals surface area (Å²) in [4.78, 5) is 36.2. The highest BCUT2D eigenvalue weighted by Gasteiger charge is 2.31. The Morgan fingerprint density at radius 3 is 2.70 bits per heavy atom. The quantitative estimate of drug-likeness (QED) is 0.863. The number of aliphatic hydroxyl groups is 1. The van der Waals surface area contributed by atoms with Crippen LogP contribution in [-0.2, 0) is 0 Å². The molecule has 1 aliphatic carbocycles. The van der Waals surface area contributed by atoms with Gasteiger partial charge in [-0.25, -0.2) is 9.97 Å². The van der Waals surface area contributed by atoms with E-state index in [0.29, 0.717) is 6.42 Å². The number of hydrogen-bond donors (Lipinski definition) is 1. The number of aromatic nitrogens is 2. The molecular formula is C13H15N3O3S. The van der Waals surface area contributed by atoms with E-state index in [1.807, 2.05) is 6.26 Å². The maximum atomic E-state index is 12.2. The average molecular weight is 293 g/mol. The monoisotopic (exact) mass is 293 g/mol. The summed E-state index contributed by atoms with van der Waals surface area (Å²) in [6.45, 7) is -0.140. The molecule has 6 nitrogen and oxygen atoms in total. The van der Waals surface area contributed by atoms with E-state index in [2.05, 4.69) is 15.0 Å². The first-order chi connectivity index (χ1) is 9.67. The van der Waals surface area contributed by atoms with Crippen LogP contribution in [-0.4, -0.2) is 57.0 Å². The van der Waals surface area contributed by atoms with Gasteiger partial charge in [0.1, 0.15) is 11.4 Å². The van der Waals surface area contributed by atoms with Crippen LogP contribution in [0.5, 0.6) is 0 Å². The normalized spacial score (nSPS) is 18.2. The SMILES string of the molecule is CSCC[C@@H](CO)N=C1CC(=O)c2nccnc2C1=O. The molecule has 0 radical (unpaired) electrons. The summed E-state index contributed by atoms with van der Waals surface area (Å²) in [5.74, 6) is 0.212. The molecule has 1 aliphatic rings. The Balaban J connectivity index is 2.27. The molecule has 1 aromatic rings. The van der Waals surface area contributed by atoms with Crippen LogP contribution in [0.1, 0.15) is 33.8 Å². The molecule has 20 heavy (non-hydrogen) atoms. The van der Waals surface area contributed by atoms with E-state index in [9.17, 15) is 14.7 Å². The number of hydrogen-bond acceptors (Lipinski definition) is 7. The summed E-state index contributed by atoms with van der Waals surface area (Å²) in [6, 6.07) is -0.354. The predicted octanol–water partition coefficient (Wildman–Crippen LogP) is 0.801. The van der Waals surface area contributed by atoms with Crippen LogP contribution in [0.25, 0.3) is 0 Å². The maximum Gasteiger partial charge on any atom is 0.227 e. The van der Waals surface area contributed by atoms with Crippen molar-refractivity contribution in [1.29, 1.82) is 0 Å². The number of carbonyl (C=O) groups excluding carboxylic acids is 2. The van der Waals surface area contributed by atoms with Crippen LogP contribution in [0.2, 0.25) is 0 Å². The van der Waals surface area contributed by atoms with Crippen molar-refractivity contribution < 1.29 is 14.7 Å². The van der Waals surface area contributed by atoms with Crippen LogP contribution in [0.15, 0.2) is 17.4 Å². The highest BCUT2D eigenvalue weighted by atomic mass is 32.2. The number of aliphatic imine (C=N–C) groups is 1. The van der Waals surface area contributed by atoms with Crippen molar-refractivity contribution in [3.63, 3.8) is 0 Å². The number of nitrogens with zero attached hydrogens (tertiary/aromatic N) is 3. The molecule has 0 unspecified atom stereocenters. The van der Waals surface area contributed by atoms with E-state index in [0.717, 1.165) is 5.75 Å². The van der Waals surface area contributed by atoms with Gasteiger partial charge in [0.15, 0.2) is 5.78 Å². The Morgan fingerprint density at radius 2 is 2.05 bits per heavy atom. The van der Waals surface area contributed by atoms with Crippen LogP contribution < -0.4 is 0 Å². The van der Waals surface area contributed by atoms with Gasteiger partial charge in [-0.1, -0.05) is 0 Å². The molecule has 0 fully saturated rings. The summed E-state index contributed by atoms with van der Waals surface area (Å²) in [6.07, 6.45) is 5.32. The molecule has 0 aromatic carbocycles. The Bertz CT molecular complexity index is 560. The summed E-state index contributed by atoms with van der Waals surface area (Å²) in [5.41, 5.74) is 0.341. The zero-order chi connectivity index (χ0) is 14.5. The minimum Gasteiger partial charge on any atom is -0.394 e. The highest BCUT2D eigenvalue weighted by molar-refractivity contribution is 7.98. The lowest BCUT2D eigenvalue weighted by molar-refractivity contribution is 0.0956. The van der Waals surface area contributed by atoms with Crippen molar-refractivity contribution in [2.75, 3.05) is 18.6 Å². The maximum absolute atomic E-state index is 12.2. The molecule has 1 atom stereocenters. The highest BCUT2D eigenvalue weighted by Crippen LogP contribution is 2.17. The van der Waals surface area contributed by atoms with Gasteiger partial charge >= 0.3 is 0 Å². The second-order valence-corrected chi connectivity index (χ2v) is 5.36. The Kier molecular flexibility index (Phi) is 4.97. The molecule has 106 valence electrons. The molecule has 2 rings (SSSR count). The van der Waals surface area contributed by atoms with Crippen LogP contribution in [0.4, 0.5) is 0 Å². The van der Waals surface area contributed by atoms with E-state index in [1.165, 1.54) is 12.4 Å². The smallest absolute Gasteiger partial charge is 0.227 e. The molecular weight excluding hydrogens is 278 g/mol. The molecule has 1 aromatic heterocycles. The third-order valence-electron chi connectivity index (χ3n) is 2.97. The van der Waals surface area contributed by atoms with E-state index in [1.54, 1.807) is 11.8 Å². The summed E-state index contributed by atoms with van der Waals surface area (Å²) < 4.78 is 0. The lowest BCUT2D eigenvalue weighted by Gasteiger charge is -2.16. The third kappa shape index (κ3) is 3.10. The van der Waals surface area contributed by atoms with Crippen molar-refractivity contribution >= 4 is 29.0 Å². The molecule has 7 heteroatoms. The standard InChI is InChI=1S/C13H15N3O3S/c1-20-5-2-8(7-17)16-9-6-10(18)11-12(13(9)19)15-4-3-14-11/h3-4,8,17H,2,5-7H2,1H3/t8-/m0/s1. The predicted molar refractivity (Wildman–Crippen MR) is 76.6 cm³/mol. The van der Waals surface area contributed by atoms with Gasteiger partial charge in [0, 0.05) is 12.4 Å². The molecule has 1 N–H and O–H groups in total. The van der Waals surface area contributed by atoms with Crippen molar-refractivity contribution in [1.82, 2.24) is 9.97 Å². The van der Waals surface area contributed by atoms with Gasteiger partial charge in [-0.05, 0) is 18.4 Å². The second kappa shape index (κ2) is 6.71. The number of fused-ring (bicyclic) bond motifs is 1. The number of Topliss-reactive ketones (excluding diaryl/α,β-unsaturated/α-hetero) is 2. The van der Waals surface area contributed by atoms with Gasteiger partial charge in [0.05, 0.1) is 24.8 Å². The fourth-order valence-corrected chi connectivity index (χ4v) is 2.44. The first-order valence-electron chi connectivity index (χ1n) is 6.22. The Morgan fingerprint density at radius 1 is 1.35 bits per heavy atom. The number of ketones is 2. The lowest BCUT2D eigenvalue weighted by atomic mass is 9.95. The van der Waals surface area contributed by atoms with E-state index in [4.69, 9.17) is 0 Å². The molecule has 0 spiro atoms. The molecule has 0 saturated heterocycles. The molecule has 0 bridgehead atoms. The number of aliphatic hydroxyl groups excluding tert-OH is 1. The Hall–Kier alpha value is -1.60. The average Bonchev–Trinajstić information content (AvgIpc) is 2.48. The van der Waals surface area contributed by atoms with Crippen LogP contribution >= 0.6 is 11.8 Å². The van der Waals surface area contributed by atoms with Crippen molar-refractivity contribution in [2.24, 2.45) is 4.99 Å². The fraction of sp³-hybridized carbons (Fsp3) is 0.462. The number of rotatable bonds is 5. The summed E-state index contributed by atoms with van der Waals surface area (Å²) in [5, 5.41) is 9.29. The summed E-state index contributed by atoms with van der Waals surface area (Å²) >= 11 is 1.64. The third-order valence-corrected chi connectivity index (χ3v) is 3.62. The molecule has 1 heterocycles. The lowest BCUT2D eigenvalue weighted by Crippen LogP contribution is -2.31. The molecule has 0 amide bonds. The minimum absolute atomic E-state index is 0.0593. The summed E-state index contributed by atoms with van der Waals surface area (Å²) in [7, 11) is 0. The van der Waals surface area contributed by atoms with Gasteiger partial charge < -0.3 is 5.11 Å². The van der Waals surface area contributed by atoms with E-state index < -0.39 is 0 Å².